The van der Waals surface area contributed by atoms with E-state index in [4.69, 9.17) is 27.9 Å². The highest BCUT2D eigenvalue weighted by molar-refractivity contribution is 6.33. The number of rotatable bonds is 7. The fourth-order valence-corrected chi connectivity index (χ4v) is 4.56. The number of aliphatic hydroxyl groups is 2. The van der Waals surface area contributed by atoms with Crippen molar-refractivity contribution in [3.8, 4) is 11.1 Å². The molecule has 0 aromatic heterocycles. The third kappa shape index (κ3) is 4.99. The number of hydrogen-bond acceptors (Lipinski definition) is 4. The molecule has 0 heterocycles. The molecule has 0 bridgehead atoms. The van der Waals surface area contributed by atoms with Crippen LogP contribution in [-0.2, 0) is 4.74 Å². The van der Waals surface area contributed by atoms with Crippen molar-refractivity contribution in [2.24, 2.45) is 0 Å². The standard InChI is InChI=1S/C25H22Cl2FNO4/c26-14-11-19(23(27)21(28)12-14)24(31)22(30)9-10-29-25(32)33-13-20-17-7-3-1-5-15(17)16-6-2-4-8-18(16)20/h1-8,11-12,20,22,24,30-31H,9-10,13H2,(H,29,32). The summed E-state index contributed by atoms with van der Waals surface area (Å²) >= 11 is 11.7. The maximum Gasteiger partial charge on any atom is 0.407 e. The van der Waals surface area contributed by atoms with Crippen molar-refractivity contribution >= 4 is 29.3 Å². The predicted molar refractivity (Wildman–Crippen MR) is 125 cm³/mol. The van der Waals surface area contributed by atoms with E-state index in [2.05, 4.69) is 17.4 Å². The molecular formula is C25H22Cl2FNO4. The first-order valence-corrected chi connectivity index (χ1v) is 11.2. The normalized spacial score (nSPS) is 14.3. The van der Waals surface area contributed by atoms with E-state index in [0.29, 0.717) is 0 Å². The average Bonchev–Trinajstić information content (AvgIpc) is 3.13. The number of hydrogen-bond donors (Lipinski definition) is 3. The second-order valence-electron chi connectivity index (χ2n) is 7.84. The highest BCUT2D eigenvalue weighted by Crippen LogP contribution is 2.44. The molecule has 4 rings (SSSR count). The summed E-state index contributed by atoms with van der Waals surface area (Å²) in [4.78, 5) is 12.2. The van der Waals surface area contributed by atoms with Gasteiger partial charge in [0.1, 0.15) is 18.5 Å². The number of ether oxygens (including phenoxy) is 1. The van der Waals surface area contributed by atoms with Crippen molar-refractivity contribution in [1.29, 1.82) is 0 Å². The lowest BCUT2D eigenvalue weighted by Crippen LogP contribution is -2.30. The molecule has 2 unspecified atom stereocenters. The first-order chi connectivity index (χ1) is 15.9. The number of halogens is 3. The molecular weight excluding hydrogens is 468 g/mol. The lowest BCUT2D eigenvalue weighted by Gasteiger charge is -2.20. The Bertz CT molecular complexity index is 1130. The lowest BCUT2D eigenvalue weighted by atomic mass is 9.98. The molecule has 33 heavy (non-hydrogen) atoms. The molecule has 0 aliphatic heterocycles. The fourth-order valence-electron chi connectivity index (χ4n) is 4.13. The molecule has 5 nitrogen and oxygen atoms in total. The average molecular weight is 490 g/mol. The number of carbonyl (C=O) groups is 1. The van der Waals surface area contributed by atoms with Gasteiger partial charge < -0.3 is 20.3 Å². The smallest absolute Gasteiger partial charge is 0.407 e. The van der Waals surface area contributed by atoms with Crippen LogP contribution in [0.1, 0.15) is 35.1 Å². The molecule has 1 aliphatic carbocycles. The minimum Gasteiger partial charge on any atom is -0.449 e. The zero-order chi connectivity index (χ0) is 23.5. The second kappa shape index (κ2) is 10.1. The van der Waals surface area contributed by atoms with E-state index in [9.17, 15) is 19.4 Å². The van der Waals surface area contributed by atoms with Crippen LogP contribution in [0.25, 0.3) is 11.1 Å². The molecule has 1 aliphatic rings. The number of aliphatic hydroxyl groups excluding tert-OH is 2. The first kappa shape index (κ1) is 23.5. The molecule has 3 N–H and O–H groups in total. The summed E-state index contributed by atoms with van der Waals surface area (Å²) in [5.74, 6) is -0.849. The summed E-state index contributed by atoms with van der Waals surface area (Å²) in [5.41, 5.74) is 4.47. The zero-order valence-electron chi connectivity index (χ0n) is 17.5. The summed E-state index contributed by atoms with van der Waals surface area (Å²) in [5, 5.41) is 22.9. The molecule has 0 radical (unpaired) electrons. The predicted octanol–water partition coefficient (Wildman–Crippen LogP) is 5.46. The van der Waals surface area contributed by atoms with Gasteiger partial charge in [0.05, 0.1) is 11.1 Å². The number of amides is 1. The third-order valence-electron chi connectivity index (χ3n) is 5.76. The van der Waals surface area contributed by atoms with E-state index in [1.54, 1.807) is 0 Å². The summed E-state index contributed by atoms with van der Waals surface area (Å²) in [6.45, 7) is 0.206. The zero-order valence-corrected chi connectivity index (χ0v) is 19.0. The molecule has 0 fully saturated rings. The van der Waals surface area contributed by atoms with Gasteiger partial charge in [-0.1, -0.05) is 71.7 Å². The van der Waals surface area contributed by atoms with E-state index in [1.807, 2.05) is 36.4 Å². The van der Waals surface area contributed by atoms with Crippen LogP contribution in [0.3, 0.4) is 0 Å². The first-order valence-electron chi connectivity index (χ1n) is 10.5. The Morgan fingerprint density at radius 1 is 1.03 bits per heavy atom. The van der Waals surface area contributed by atoms with Gasteiger partial charge in [0.2, 0.25) is 0 Å². The maximum atomic E-state index is 13.7. The molecule has 3 aromatic rings. The number of nitrogens with one attached hydrogen (secondary N) is 1. The molecule has 3 aromatic carbocycles. The van der Waals surface area contributed by atoms with E-state index in [0.717, 1.165) is 28.3 Å². The molecule has 0 saturated heterocycles. The Balaban J connectivity index is 1.30. The third-order valence-corrected chi connectivity index (χ3v) is 6.37. The number of carbonyl (C=O) groups excluding carboxylic acids is 1. The van der Waals surface area contributed by atoms with Gasteiger partial charge in [-0.05, 0) is 40.8 Å². The van der Waals surface area contributed by atoms with Gasteiger partial charge in [-0.3, -0.25) is 0 Å². The molecule has 0 spiro atoms. The van der Waals surface area contributed by atoms with Crippen molar-refractivity contribution in [3.05, 3.63) is 93.2 Å². The van der Waals surface area contributed by atoms with Gasteiger partial charge in [-0.15, -0.1) is 0 Å². The minimum absolute atomic E-state index is 0.00414. The molecule has 172 valence electrons. The van der Waals surface area contributed by atoms with Crippen LogP contribution < -0.4 is 5.32 Å². The van der Waals surface area contributed by atoms with Gasteiger partial charge in [0.25, 0.3) is 0 Å². The van der Waals surface area contributed by atoms with Gasteiger partial charge in [0, 0.05) is 23.0 Å². The monoisotopic (exact) mass is 489 g/mol. The van der Waals surface area contributed by atoms with Crippen LogP contribution in [0, 0.1) is 5.82 Å². The Morgan fingerprint density at radius 2 is 1.64 bits per heavy atom. The number of benzene rings is 3. The highest BCUT2D eigenvalue weighted by Gasteiger charge is 2.29. The highest BCUT2D eigenvalue weighted by atomic mass is 35.5. The maximum absolute atomic E-state index is 13.7. The van der Waals surface area contributed by atoms with Crippen molar-refractivity contribution < 1.29 is 24.1 Å². The van der Waals surface area contributed by atoms with Gasteiger partial charge in [-0.2, -0.15) is 0 Å². The van der Waals surface area contributed by atoms with Gasteiger partial charge in [-0.25, -0.2) is 9.18 Å². The van der Waals surface area contributed by atoms with E-state index >= 15 is 0 Å². The molecule has 0 saturated carbocycles. The van der Waals surface area contributed by atoms with Crippen LogP contribution >= 0.6 is 23.2 Å². The summed E-state index contributed by atoms with van der Waals surface area (Å²) < 4.78 is 19.2. The van der Waals surface area contributed by atoms with Gasteiger partial charge >= 0.3 is 6.09 Å². The summed E-state index contributed by atoms with van der Waals surface area (Å²) in [6, 6.07) is 18.4. The van der Waals surface area contributed by atoms with E-state index in [1.165, 1.54) is 6.07 Å². The number of fused-ring (bicyclic) bond motifs is 3. The Kier molecular flexibility index (Phi) is 7.20. The molecule has 1 amide bonds. The van der Waals surface area contributed by atoms with Gasteiger partial charge in [0.15, 0.2) is 0 Å². The minimum atomic E-state index is -1.46. The fraction of sp³-hybridized carbons (Fsp3) is 0.240. The Labute approximate surface area is 200 Å². The van der Waals surface area contributed by atoms with E-state index < -0.39 is 24.1 Å². The van der Waals surface area contributed by atoms with Crippen LogP contribution in [0.4, 0.5) is 9.18 Å². The van der Waals surface area contributed by atoms with Crippen molar-refractivity contribution in [2.75, 3.05) is 13.2 Å². The largest absolute Gasteiger partial charge is 0.449 e. The molecule has 2 atom stereocenters. The quantitative estimate of drug-likeness (QED) is 0.385. The Hall–Kier alpha value is -2.64. The lowest BCUT2D eigenvalue weighted by molar-refractivity contribution is 0.0136. The van der Waals surface area contributed by atoms with Crippen LogP contribution in [0.2, 0.25) is 10.0 Å². The SMILES string of the molecule is O=C(NCCC(O)C(O)c1cc(Cl)cc(F)c1Cl)OCC1c2ccccc2-c2ccccc21. The van der Waals surface area contributed by atoms with Crippen molar-refractivity contribution in [3.63, 3.8) is 0 Å². The van der Waals surface area contributed by atoms with E-state index in [-0.39, 0.29) is 41.1 Å². The van der Waals surface area contributed by atoms with Crippen LogP contribution in [0.5, 0.6) is 0 Å². The van der Waals surface area contributed by atoms with Crippen LogP contribution in [0.15, 0.2) is 60.7 Å². The van der Waals surface area contributed by atoms with Crippen molar-refractivity contribution in [1.82, 2.24) is 5.32 Å². The van der Waals surface area contributed by atoms with Crippen LogP contribution in [-0.4, -0.2) is 35.6 Å². The number of alkyl carbamates (subject to hydrolysis) is 1. The van der Waals surface area contributed by atoms with Crippen molar-refractivity contribution in [2.45, 2.75) is 24.5 Å². The summed E-state index contributed by atoms with van der Waals surface area (Å²) in [6.07, 6.45) is -3.40. The summed E-state index contributed by atoms with van der Waals surface area (Å²) in [7, 11) is 0. The second-order valence-corrected chi connectivity index (χ2v) is 8.66. The Morgan fingerprint density at radius 3 is 2.27 bits per heavy atom. The molecule has 8 heteroatoms. The topological polar surface area (TPSA) is 78.8 Å².